The summed E-state index contributed by atoms with van der Waals surface area (Å²) in [6.07, 6.45) is 0. The van der Waals surface area contributed by atoms with Crippen LogP contribution in [-0.2, 0) is 0 Å². The van der Waals surface area contributed by atoms with Gasteiger partial charge < -0.3 is 9.13 Å². The Balaban J connectivity index is 0.976. The molecule has 0 saturated carbocycles. The Morgan fingerprint density at radius 2 is 0.453 bits per heavy atom. The molecule has 12 rings (SSSR count). The van der Waals surface area contributed by atoms with Gasteiger partial charge in [-0.1, -0.05) is 158 Å². The molecule has 300 valence electrons. The molecule has 0 aliphatic heterocycles. The molecule has 0 spiro atoms. The molecule has 0 fully saturated rings. The molecule has 0 unspecified atom stereocenters. The monoisotopic (exact) mass is 820 g/mol. The summed E-state index contributed by atoms with van der Waals surface area (Å²) in [5, 5.41) is 2.30. The van der Waals surface area contributed by atoms with E-state index in [-0.39, 0.29) is 0 Å². The van der Waals surface area contributed by atoms with Gasteiger partial charge in [-0.15, -0.1) is 0 Å². The second kappa shape index (κ2) is 15.5. The van der Waals surface area contributed by atoms with Crippen molar-refractivity contribution in [3.8, 4) is 79.7 Å². The SMILES string of the molecule is c1ccc(-c2nc(-c3ccccc3)nc(-c3ccc(-n4c5ccccc5c5c4c4ccccc4n5-c4ccc(-c5nc(-c6ccccc6)nc(-c6ccccc6)n5)cc4)cc3)n2)cc1. The molecule has 0 radical (unpaired) electrons. The van der Waals surface area contributed by atoms with E-state index in [4.69, 9.17) is 29.9 Å². The van der Waals surface area contributed by atoms with E-state index in [0.29, 0.717) is 34.9 Å². The third-order valence-corrected chi connectivity index (χ3v) is 11.6. The van der Waals surface area contributed by atoms with Gasteiger partial charge in [-0.05, 0) is 60.7 Å². The number of rotatable bonds is 8. The van der Waals surface area contributed by atoms with E-state index in [9.17, 15) is 0 Å². The minimum Gasteiger partial charge on any atom is -0.307 e. The summed E-state index contributed by atoms with van der Waals surface area (Å²) in [6.45, 7) is 0. The quantitative estimate of drug-likeness (QED) is 0.152. The van der Waals surface area contributed by atoms with Crippen LogP contribution in [0.2, 0.25) is 0 Å². The maximum Gasteiger partial charge on any atom is 0.164 e. The van der Waals surface area contributed by atoms with E-state index in [1.54, 1.807) is 0 Å². The summed E-state index contributed by atoms with van der Waals surface area (Å²) < 4.78 is 4.75. The van der Waals surface area contributed by atoms with Gasteiger partial charge in [-0.2, -0.15) is 0 Å². The summed E-state index contributed by atoms with van der Waals surface area (Å²) in [5.41, 5.74) is 12.1. The van der Waals surface area contributed by atoms with Gasteiger partial charge in [-0.25, -0.2) is 29.9 Å². The zero-order valence-electron chi connectivity index (χ0n) is 34.4. The van der Waals surface area contributed by atoms with Crippen LogP contribution in [0.4, 0.5) is 0 Å². The molecule has 8 nitrogen and oxygen atoms in total. The molecule has 64 heavy (non-hydrogen) atoms. The van der Waals surface area contributed by atoms with Crippen LogP contribution < -0.4 is 0 Å². The lowest BCUT2D eigenvalue weighted by Crippen LogP contribution is -2.00. The van der Waals surface area contributed by atoms with E-state index in [0.717, 1.165) is 77.6 Å². The van der Waals surface area contributed by atoms with Crippen molar-refractivity contribution < 1.29 is 0 Å². The molecule has 12 aromatic rings. The van der Waals surface area contributed by atoms with Crippen molar-refractivity contribution in [3.05, 3.63) is 218 Å². The lowest BCUT2D eigenvalue weighted by atomic mass is 10.1. The topological polar surface area (TPSA) is 87.2 Å². The highest BCUT2D eigenvalue weighted by Gasteiger charge is 2.22. The number of hydrogen-bond acceptors (Lipinski definition) is 6. The standard InChI is InChI=1S/C56H36N8/c1-5-17-37(18-6-1)51-57-52(38-19-7-2-8-20-38)60-55(59-51)41-29-33-43(34-30-41)63-47-27-15-13-25-45(47)50-49(63)46-26-14-16-28-48(46)64(50)44-35-31-42(32-36-44)56-61-53(39-21-9-3-10-22-39)58-54(62-56)40-23-11-4-12-24-40/h1-36H. The number of aromatic nitrogens is 8. The van der Waals surface area contributed by atoms with Crippen LogP contribution in [-0.4, -0.2) is 39.0 Å². The second-order valence-electron chi connectivity index (χ2n) is 15.6. The van der Waals surface area contributed by atoms with Gasteiger partial charge >= 0.3 is 0 Å². The lowest BCUT2D eigenvalue weighted by molar-refractivity contribution is 1.07. The van der Waals surface area contributed by atoms with Gasteiger partial charge in [-0.3, -0.25) is 0 Å². The minimum absolute atomic E-state index is 0.617. The molecule has 0 N–H and O–H groups in total. The van der Waals surface area contributed by atoms with Gasteiger partial charge in [0.05, 0.1) is 22.1 Å². The van der Waals surface area contributed by atoms with Gasteiger partial charge in [0.15, 0.2) is 34.9 Å². The first-order valence-electron chi connectivity index (χ1n) is 21.2. The largest absolute Gasteiger partial charge is 0.307 e. The summed E-state index contributed by atoms with van der Waals surface area (Å²) in [4.78, 5) is 29.7. The van der Waals surface area contributed by atoms with Gasteiger partial charge in [0, 0.05) is 55.5 Å². The summed E-state index contributed by atoms with van der Waals surface area (Å²) in [7, 11) is 0. The third-order valence-electron chi connectivity index (χ3n) is 11.6. The Morgan fingerprint density at radius 3 is 0.734 bits per heavy atom. The van der Waals surface area contributed by atoms with E-state index in [1.807, 2.05) is 121 Å². The van der Waals surface area contributed by atoms with Crippen molar-refractivity contribution >= 4 is 32.8 Å². The van der Waals surface area contributed by atoms with E-state index in [2.05, 4.69) is 106 Å². The zero-order valence-corrected chi connectivity index (χ0v) is 34.4. The highest BCUT2D eigenvalue weighted by Crippen LogP contribution is 2.41. The Hall–Kier alpha value is -8.88. The molecule has 4 heterocycles. The average molecular weight is 821 g/mol. The molecule has 0 aliphatic carbocycles. The Morgan fingerprint density at radius 1 is 0.219 bits per heavy atom. The molecule has 8 aromatic carbocycles. The fourth-order valence-electron chi connectivity index (χ4n) is 8.62. The van der Waals surface area contributed by atoms with Crippen LogP contribution >= 0.6 is 0 Å². The first kappa shape index (κ1) is 36.9. The van der Waals surface area contributed by atoms with Crippen molar-refractivity contribution in [1.82, 2.24) is 39.0 Å². The van der Waals surface area contributed by atoms with Crippen LogP contribution in [0.1, 0.15) is 0 Å². The molecular formula is C56H36N8. The summed E-state index contributed by atoms with van der Waals surface area (Å²) in [6, 6.07) is 74.7. The van der Waals surface area contributed by atoms with Gasteiger partial charge in [0.1, 0.15) is 0 Å². The number of nitrogens with zero attached hydrogens (tertiary/aromatic N) is 8. The molecule has 4 aromatic heterocycles. The zero-order chi connectivity index (χ0) is 42.4. The van der Waals surface area contributed by atoms with Crippen molar-refractivity contribution in [2.45, 2.75) is 0 Å². The number of benzene rings is 8. The van der Waals surface area contributed by atoms with Crippen LogP contribution in [0.3, 0.4) is 0 Å². The predicted molar refractivity (Wildman–Crippen MR) is 257 cm³/mol. The van der Waals surface area contributed by atoms with Crippen LogP contribution in [0.5, 0.6) is 0 Å². The average Bonchev–Trinajstić information content (AvgIpc) is 3.90. The summed E-state index contributed by atoms with van der Waals surface area (Å²) >= 11 is 0. The Bertz CT molecular complexity index is 3260. The second-order valence-corrected chi connectivity index (χ2v) is 15.6. The molecule has 0 aliphatic rings. The molecule has 0 saturated heterocycles. The van der Waals surface area contributed by atoms with E-state index >= 15 is 0 Å². The lowest BCUT2D eigenvalue weighted by Gasteiger charge is -2.11. The van der Waals surface area contributed by atoms with Crippen LogP contribution in [0.15, 0.2) is 218 Å². The van der Waals surface area contributed by atoms with Crippen LogP contribution in [0.25, 0.3) is 113 Å². The first-order valence-corrected chi connectivity index (χ1v) is 21.2. The fourth-order valence-corrected chi connectivity index (χ4v) is 8.62. The number of fused-ring (bicyclic) bond motifs is 5. The van der Waals surface area contributed by atoms with Crippen molar-refractivity contribution in [3.63, 3.8) is 0 Å². The van der Waals surface area contributed by atoms with Gasteiger partial charge in [0.2, 0.25) is 0 Å². The highest BCUT2D eigenvalue weighted by atomic mass is 15.1. The number of hydrogen-bond donors (Lipinski definition) is 0. The van der Waals surface area contributed by atoms with Crippen molar-refractivity contribution in [2.75, 3.05) is 0 Å². The maximum atomic E-state index is 4.99. The molecule has 0 bridgehead atoms. The minimum atomic E-state index is 0.617. The van der Waals surface area contributed by atoms with E-state index < -0.39 is 0 Å². The van der Waals surface area contributed by atoms with Crippen LogP contribution in [0, 0.1) is 0 Å². The summed E-state index contributed by atoms with van der Waals surface area (Å²) in [5.74, 6) is 3.77. The third kappa shape index (κ3) is 6.49. The Labute approximate surface area is 368 Å². The molecule has 8 heteroatoms. The molecule has 0 amide bonds. The highest BCUT2D eigenvalue weighted by molar-refractivity contribution is 6.20. The smallest absolute Gasteiger partial charge is 0.164 e. The normalized spacial score (nSPS) is 11.4. The fraction of sp³-hybridized carbons (Fsp3) is 0. The predicted octanol–water partition coefficient (Wildman–Crippen LogP) is 13.1. The maximum absolute atomic E-state index is 4.99. The first-order chi connectivity index (χ1) is 31.7. The van der Waals surface area contributed by atoms with Crippen molar-refractivity contribution in [2.24, 2.45) is 0 Å². The Kier molecular flexibility index (Phi) is 8.97. The molecule has 0 atom stereocenters. The molecular weight excluding hydrogens is 785 g/mol. The van der Waals surface area contributed by atoms with Crippen molar-refractivity contribution in [1.29, 1.82) is 0 Å². The van der Waals surface area contributed by atoms with E-state index in [1.165, 1.54) is 0 Å². The van der Waals surface area contributed by atoms with Gasteiger partial charge in [0.25, 0.3) is 0 Å². The number of para-hydroxylation sites is 2.